The van der Waals surface area contributed by atoms with Gasteiger partial charge in [0.25, 0.3) is 0 Å². The minimum Gasteiger partial charge on any atom is -0.431 e. The highest BCUT2D eigenvalue weighted by Crippen LogP contribution is 2.26. The largest absolute Gasteiger partial charge is 0.431 e. The Morgan fingerprint density at radius 2 is 2.50 bits per heavy atom. The van der Waals surface area contributed by atoms with Crippen molar-refractivity contribution in [2.75, 3.05) is 0 Å². The van der Waals surface area contributed by atoms with Gasteiger partial charge in [-0.25, -0.2) is 0 Å². The third kappa shape index (κ3) is 1.26. The van der Waals surface area contributed by atoms with E-state index in [2.05, 4.69) is 13.2 Å². The number of ether oxygens (including phenoxy) is 1. The van der Waals surface area contributed by atoms with Gasteiger partial charge >= 0.3 is 5.97 Å². The predicted molar refractivity (Wildman–Crippen MR) is 38.2 cm³/mol. The molecule has 54 valence electrons. The summed E-state index contributed by atoms with van der Waals surface area (Å²) < 4.78 is 4.75. The summed E-state index contributed by atoms with van der Waals surface area (Å²) in [4.78, 5) is 10.6. The highest BCUT2D eigenvalue weighted by atomic mass is 16.5. The minimum atomic E-state index is -0.170. The molecule has 1 saturated heterocycles. The molecule has 0 spiro atoms. The number of rotatable bonds is 2. The topological polar surface area (TPSA) is 26.3 Å². The smallest absolute Gasteiger partial charge is 0.311 e. The van der Waals surface area contributed by atoms with Crippen LogP contribution >= 0.6 is 0 Å². The molecule has 0 aromatic heterocycles. The fourth-order valence-electron chi connectivity index (χ4n) is 1.00. The lowest BCUT2D eigenvalue weighted by Gasteiger charge is -2.00. The summed E-state index contributed by atoms with van der Waals surface area (Å²) >= 11 is 0. The summed E-state index contributed by atoms with van der Waals surface area (Å²) in [6, 6.07) is 0. The van der Waals surface area contributed by atoms with E-state index >= 15 is 0 Å². The zero-order valence-corrected chi connectivity index (χ0v) is 5.80. The molecule has 1 fully saturated rings. The molecule has 0 aromatic rings. The number of carbonyl (C=O) groups excluding carboxylic acids is 1. The minimum absolute atomic E-state index is 0.170. The molecule has 1 atom stereocenters. The molecule has 10 heavy (non-hydrogen) atoms. The van der Waals surface area contributed by atoms with Gasteiger partial charge < -0.3 is 4.74 Å². The summed E-state index contributed by atoms with van der Waals surface area (Å²) in [5.74, 6) is 0.590. The normalized spacial score (nSPS) is 24.6. The molecule has 0 amide bonds. The van der Waals surface area contributed by atoms with Gasteiger partial charge in [0.1, 0.15) is 5.76 Å². The van der Waals surface area contributed by atoms with Crippen molar-refractivity contribution in [1.82, 2.24) is 0 Å². The van der Waals surface area contributed by atoms with E-state index in [-0.39, 0.29) is 11.9 Å². The standard InChI is InChI=1S/C8H10O2/c1-3-4-7-5-8(9)10-6(7)2/h3,7H,1-2,4-5H2. The van der Waals surface area contributed by atoms with E-state index in [1.54, 1.807) is 6.08 Å². The van der Waals surface area contributed by atoms with Crippen LogP contribution in [0.2, 0.25) is 0 Å². The van der Waals surface area contributed by atoms with Crippen LogP contribution in [0.4, 0.5) is 0 Å². The molecule has 1 rings (SSSR count). The molecule has 0 N–H and O–H groups in total. The Kier molecular flexibility index (Phi) is 1.90. The second kappa shape index (κ2) is 2.69. The number of esters is 1. The van der Waals surface area contributed by atoms with E-state index < -0.39 is 0 Å². The van der Waals surface area contributed by atoms with Gasteiger partial charge in [-0.3, -0.25) is 4.79 Å². The molecule has 0 saturated carbocycles. The summed E-state index contributed by atoms with van der Waals surface area (Å²) in [6.45, 7) is 7.19. The van der Waals surface area contributed by atoms with Crippen LogP contribution in [-0.4, -0.2) is 5.97 Å². The third-order valence-corrected chi connectivity index (χ3v) is 1.56. The van der Waals surface area contributed by atoms with Crippen LogP contribution in [0, 0.1) is 5.92 Å². The van der Waals surface area contributed by atoms with E-state index in [9.17, 15) is 4.79 Å². The Morgan fingerprint density at radius 3 is 2.90 bits per heavy atom. The van der Waals surface area contributed by atoms with E-state index in [1.165, 1.54) is 0 Å². The molecule has 0 aromatic carbocycles. The first-order chi connectivity index (χ1) is 4.74. The Morgan fingerprint density at radius 1 is 1.80 bits per heavy atom. The average Bonchev–Trinajstić information content (AvgIpc) is 2.13. The third-order valence-electron chi connectivity index (χ3n) is 1.56. The molecular formula is C8H10O2. The van der Waals surface area contributed by atoms with Crippen molar-refractivity contribution in [2.24, 2.45) is 5.92 Å². The molecular weight excluding hydrogens is 128 g/mol. The lowest BCUT2D eigenvalue weighted by molar-refractivity contribution is -0.135. The number of carbonyl (C=O) groups is 1. The van der Waals surface area contributed by atoms with Gasteiger partial charge in [-0.05, 0) is 6.42 Å². The molecule has 1 heterocycles. The van der Waals surface area contributed by atoms with E-state index in [0.717, 1.165) is 6.42 Å². The molecule has 0 bridgehead atoms. The summed E-state index contributed by atoms with van der Waals surface area (Å²) in [5, 5.41) is 0. The summed E-state index contributed by atoms with van der Waals surface area (Å²) in [7, 11) is 0. The average molecular weight is 138 g/mol. The number of cyclic esters (lactones) is 1. The number of hydrogen-bond donors (Lipinski definition) is 0. The van der Waals surface area contributed by atoms with Crippen LogP contribution in [0.1, 0.15) is 12.8 Å². The maximum Gasteiger partial charge on any atom is 0.311 e. The fraction of sp³-hybridized carbons (Fsp3) is 0.375. The van der Waals surface area contributed by atoms with Crippen molar-refractivity contribution in [2.45, 2.75) is 12.8 Å². The first kappa shape index (κ1) is 7.06. The SMILES string of the molecule is C=CCC1CC(=O)OC1=C. The van der Waals surface area contributed by atoms with Crippen LogP contribution in [0.15, 0.2) is 25.0 Å². The van der Waals surface area contributed by atoms with E-state index in [0.29, 0.717) is 12.2 Å². The fourth-order valence-corrected chi connectivity index (χ4v) is 1.00. The second-order valence-electron chi connectivity index (χ2n) is 2.37. The Balaban J connectivity index is 2.54. The van der Waals surface area contributed by atoms with Crippen molar-refractivity contribution in [1.29, 1.82) is 0 Å². The Hall–Kier alpha value is -1.05. The maximum atomic E-state index is 10.6. The van der Waals surface area contributed by atoms with Crippen molar-refractivity contribution >= 4 is 5.97 Å². The maximum absolute atomic E-state index is 10.6. The van der Waals surface area contributed by atoms with E-state index in [4.69, 9.17) is 4.74 Å². The highest BCUT2D eigenvalue weighted by molar-refractivity contribution is 5.74. The molecule has 1 aliphatic heterocycles. The van der Waals surface area contributed by atoms with Crippen LogP contribution in [-0.2, 0) is 9.53 Å². The predicted octanol–water partition coefficient (Wildman–Crippen LogP) is 1.64. The van der Waals surface area contributed by atoms with Gasteiger partial charge in [0.2, 0.25) is 0 Å². The van der Waals surface area contributed by atoms with Gasteiger partial charge in [0.05, 0.1) is 6.42 Å². The van der Waals surface area contributed by atoms with Crippen molar-refractivity contribution in [3.8, 4) is 0 Å². The second-order valence-corrected chi connectivity index (χ2v) is 2.37. The van der Waals surface area contributed by atoms with Crippen LogP contribution in [0.25, 0.3) is 0 Å². The zero-order chi connectivity index (χ0) is 7.56. The molecule has 0 radical (unpaired) electrons. The molecule has 2 heteroatoms. The molecule has 1 unspecified atom stereocenters. The van der Waals surface area contributed by atoms with Crippen molar-refractivity contribution < 1.29 is 9.53 Å². The van der Waals surface area contributed by atoms with Gasteiger partial charge in [-0.15, -0.1) is 6.58 Å². The van der Waals surface area contributed by atoms with Crippen molar-refractivity contribution in [3.63, 3.8) is 0 Å². The number of hydrogen-bond acceptors (Lipinski definition) is 2. The lowest BCUT2D eigenvalue weighted by atomic mass is 10.0. The Labute approximate surface area is 60.2 Å². The summed E-state index contributed by atoms with van der Waals surface area (Å²) in [5.41, 5.74) is 0. The van der Waals surface area contributed by atoms with Gasteiger partial charge in [0, 0.05) is 5.92 Å². The highest BCUT2D eigenvalue weighted by Gasteiger charge is 2.26. The molecule has 0 aliphatic carbocycles. The van der Waals surface area contributed by atoms with Gasteiger partial charge in [-0.1, -0.05) is 12.7 Å². The van der Waals surface area contributed by atoms with Crippen LogP contribution < -0.4 is 0 Å². The monoisotopic (exact) mass is 138 g/mol. The van der Waals surface area contributed by atoms with Gasteiger partial charge in [-0.2, -0.15) is 0 Å². The quantitative estimate of drug-likeness (QED) is 0.428. The number of allylic oxidation sites excluding steroid dienone is 2. The Bertz CT molecular complexity index is 182. The van der Waals surface area contributed by atoms with Crippen molar-refractivity contribution in [3.05, 3.63) is 25.0 Å². The lowest BCUT2D eigenvalue weighted by Crippen LogP contribution is -1.93. The van der Waals surface area contributed by atoms with Crippen LogP contribution in [0.5, 0.6) is 0 Å². The van der Waals surface area contributed by atoms with Gasteiger partial charge in [0.15, 0.2) is 0 Å². The first-order valence-corrected chi connectivity index (χ1v) is 3.24. The molecule has 2 nitrogen and oxygen atoms in total. The first-order valence-electron chi connectivity index (χ1n) is 3.24. The van der Waals surface area contributed by atoms with Crippen LogP contribution in [0.3, 0.4) is 0 Å². The summed E-state index contributed by atoms with van der Waals surface area (Å²) in [6.07, 6.45) is 3.02. The zero-order valence-electron chi connectivity index (χ0n) is 5.80. The molecule has 1 aliphatic rings. The van der Waals surface area contributed by atoms with E-state index in [1.807, 2.05) is 0 Å².